The van der Waals surface area contributed by atoms with Gasteiger partial charge in [0.1, 0.15) is 11.4 Å². The first-order valence-electron chi connectivity index (χ1n) is 6.10. The molecule has 3 aromatic rings. The number of benzene rings is 2. The molecule has 0 amide bonds. The molecule has 0 fully saturated rings. The van der Waals surface area contributed by atoms with Crippen LogP contribution in [0.25, 0.3) is 11.0 Å². The van der Waals surface area contributed by atoms with Gasteiger partial charge in [-0.05, 0) is 31.2 Å². The number of fused-ring (bicyclic) bond motifs is 1. The van der Waals surface area contributed by atoms with Crippen LogP contribution >= 0.6 is 11.6 Å². The van der Waals surface area contributed by atoms with Crippen LogP contribution in [0.4, 0.5) is 5.69 Å². The van der Waals surface area contributed by atoms with Crippen molar-refractivity contribution in [1.29, 1.82) is 0 Å². The zero-order valence-electron chi connectivity index (χ0n) is 10.8. The minimum Gasteiger partial charge on any atom is -0.436 e. The van der Waals surface area contributed by atoms with E-state index in [0.717, 1.165) is 11.0 Å². The third-order valence-electron chi connectivity index (χ3n) is 2.86. The Hall–Kier alpha value is -2.33. The molecule has 100 valence electrons. The van der Waals surface area contributed by atoms with Gasteiger partial charge in [0.2, 0.25) is 5.88 Å². The van der Waals surface area contributed by atoms with Crippen molar-refractivity contribution < 1.29 is 4.74 Å². The normalized spacial score (nSPS) is 10.7. The summed E-state index contributed by atoms with van der Waals surface area (Å²) in [7, 11) is 0. The Balaban J connectivity index is 2.06. The lowest BCUT2D eigenvalue weighted by Crippen LogP contribution is -1.96. The van der Waals surface area contributed by atoms with Crippen LogP contribution in [0.3, 0.4) is 0 Å². The largest absolute Gasteiger partial charge is 0.436 e. The number of rotatable bonds is 2. The zero-order chi connectivity index (χ0) is 14.1. The van der Waals surface area contributed by atoms with Crippen LogP contribution in [0, 0.1) is 6.92 Å². The summed E-state index contributed by atoms with van der Waals surface area (Å²) in [5.41, 5.74) is 8.61. The van der Waals surface area contributed by atoms with E-state index in [2.05, 4.69) is 9.97 Å². The summed E-state index contributed by atoms with van der Waals surface area (Å²) < 4.78 is 5.74. The van der Waals surface area contributed by atoms with E-state index in [1.54, 1.807) is 18.2 Å². The van der Waals surface area contributed by atoms with E-state index < -0.39 is 0 Å². The number of ether oxygens (including phenoxy) is 1. The van der Waals surface area contributed by atoms with Gasteiger partial charge in [-0.15, -0.1) is 0 Å². The fourth-order valence-corrected chi connectivity index (χ4v) is 2.03. The molecule has 4 nitrogen and oxygen atoms in total. The maximum Gasteiger partial charge on any atom is 0.241 e. The van der Waals surface area contributed by atoms with Gasteiger partial charge in [-0.25, -0.2) is 9.97 Å². The third kappa shape index (κ3) is 2.38. The Kier molecular flexibility index (Phi) is 3.16. The second kappa shape index (κ2) is 4.98. The second-order valence-corrected chi connectivity index (χ2v) is 4.80. The van der Waals surface area contributed by atoms with Crippen molar-refractivity contribution in [3.63, 3.8) is 0 Å². The highest BCUT2D eigenvalue weighted by atomic mass is 35.5. The van der Waals surface area contributed by atoms with Gasteiger partial charge in [0.15, 0.2) is 0 Å². The summed E-state index contributed by atoms with van der Waals surface area (Å²) in [6.45, 7) is 1.84. The average Bonchev–Trinajstić information content (AvgIpc) is 2.43. The van der Waals surface area contributed by atoms with E-state index in [1.807, 2.05) is 31.2 Å². The van der Waals surface area contributed by atoms with Crippen LogP contribution in [0.1, 0.15) is 5.69 Å². The molecule has 1 aromatic heterocycles. The highest BCUT2D eigenvalue weighted by Gasteiger charge is 2.10. The fraction of sp³-hybridized carbons (Fsp3) is 0.0667. The lowest BCUT2D eigenvalue weighted by atomic mass is 10.3. The molecule has 0 aliphatic rings. The van der Waals surface area contributed by atoms with Crippen molar-refractivity contribution in [3.05, 3.63) is 53.2 Å². The van der Waals surface area contributed by atoms with Gasteiger partial charge in [0, 0.05) is 11.8 Å². The maximum absolute atomic E-state index is 6.09. The molecule has 0 spiro atoms. The van der Waals surface area contributed by atoms with Crippen molar-refractivity contribution in [2.24, 2.45) is 0 Å². The quantitative estimate of drug-likeness (QED) is 0.724. The van der Waals surface area contributed by atoms with Gasteiger partial charge >= 0.3 is 0 Å². The van der Waals surface area contributed by atoms with Crippen LogP contribution in [0.15, 0.2) is 42.5 Å². The molecule has 2 aromatic carbocycles. The van der Waals surface area contributed by atoms with Crippen molar-refractivity contribution >= 4 is 28.3 Å². The molecule has 0 atom stereocenters. The van der Waals surface area contributed by atoms with Gasteiger partial charge in [-0.2, -0.15) is 0 Å². The standard InChI is InChI=1S/C15H12ClN3O/c1-9-15(19-13-5-3-2-4-12(13)18-9)20-14-8-10(17)6-7-11(14)16/h2-8H,17H2,1H3. The number of halogens is 1. The number of aryl methyl sites for hydroxylation is 1. The molecule has 3 rings (SSSR count). The highest BCUT2D eigenvalue weighted by molar-refractivity contribution is 6.32. The fourth-order valence-electron chi connectivity index (χ4n) is 1.87. The first-order valence-corrected chi connectivity index (χ1v) is 6.47. The molecule has 0 saturated heterocycles. The number of hydrogen-bond acceptors (Lipinski definition) is 4. The lowest BCUT2D eigenvalue weighted by Gasteiger charge is -2.10. The van der Waals surface area contributed by atoms with Crippen LogP contribution < -0.4 is 10.5 Å². The van der Waals surface area contributed by atoms with Crippen LogP contribution in [0.5, 0.6) is 11.6 Å². The molecular weight excluding hydrogens is 274 g/mol. The molecule has 0 unspecified atom stereocenters. The Bertz CT molecular complexity index is 789. The molecule has 0 aliphatic heterocycles. The first kappa shape index (κ1) is 12.7. The van der Waals surface area contributed by atoms with Gasteiger partial charge in [-0.3, -0.25) is 0 Å². The van der Waals surface area contributed by atoms with E-state index >= 15 is 0 Å². The molecule has 1 heterocycles. The van der Waals surface area contributed by atoms with Crippen molar-refractivity contribution in [3.8, 4) is 11.6 Å². The molecule has 0 bridgehead atoms. The number of nitrogens with two attached hydrogens (primary N) is 1. The molecule has 0 radical (unpaired) electrons. The van der Waals surface area contributed by atoms with Crippen molar-refractivity contribution in [1.82, 2.24) is 9.97 Å². The SMILES string of the molecule is Cc1nc2ccccc2nc1Oc1cc(N)ccc1Cl. The lowest BCUT2D eigenvalue weighted by molar-refractivity contribution is 0.458. The number of para-hydroxylation sites is 2. The van der Waals surface area contributed by atoms with E-state index in [0.29, 0.717) is 28.0 Å². The van der Waals surface area contributed by atoms with E-state index in [1.165, 1.54) is 0 Å². The van der Waals surface area contributed by atoms with Gasteiger partial charge in [-0.1, -0.05) is 23.7 Å². The smallest absolute Gasteiger partial charge is 0.241 e. The van der Waals surface area contributed by atoms with E-state index in [-0.39, 0.29) is 0 Å². The van der Waals surface area contributed by atoms with Crippen LogP contribution in [0.2, 0.25) is 5.02 Å². The molecule has 0 saturated carbocycles. The van der Waals surface area contributed by atoms with Crippen molar-refractivity contribution in [2.45, 2.75) is 6.92 Å². The Morgan fingerprint density at radius 1 is 1.05 bits per heavy atom. The molecule has 2 N–H and O–H groups in total. The van der Waals surface area contributed by atoms with Crippen LogP contribution in [-0.2, 0) is 0 Å². The summed E-state index contributed by atoms with van der Waals surface area (Å²) in [5.74, 6) is 0.899. The molecule has 20 heavy (non-hydrogen) atoms. The first-order chi connectivity index (χ1) is 9.63. The minimum absolute atomic E-state index is 0.427. The Morgan fingerprint density at radius 2 is 1.75 bits per heavy atom. The summed E-state index contributed by atoms with van der Waals surface area (Å²) in [6, 6.07) is 12.7. The number of nitrogens with zero attached hydrogens (tertiary/aromatic N) is 2. The maximum atomic E-state index is 6.09. The average molecular weight is 286 g/mol. The predicted molar refractivity (Wildman–Crippen MR) is 80.2 cm³/mol. The zero-order valence-corrected chi connectivity index (χ0v) is 11.6. The monoisotopic (exact) mass is 285 g/mol. The summed E-state index contributed by atoms with van der Waals surface area (Å²) in [6.07, 6.45) is 0. The third-order valence-corrected chi connectivity index (χ3v) is 3.18. The Morgan fingerprint density at radius 3 is 2.50 bits per heavy atom. The molecule has 0 aliphatic carbocycles. The van der Waals surface area contributed by atoms with E-state index in [4.69, 9.17) is 22.1 Å². The number of anilines is 1. The summed E-state index contributed by atoms with van der Waals surface area (Å²) in [5, 5.41) is 0.480. The van der Waals surface area contributed by atoms with Gasteiger partial charge in [0.05, 0.1) is 16.1 Å². The topological polar surface area (TPSA) is 61.0 Å². The second-order valence-electron chi connectivity index (χ2n) is 4.39. The predicted octanol–water partition coefficient (Wildman–Crippen LogP) is 3.97. The van der Waals surface area contributed by atoms with E-state index in [9.17, 15) is 0 Å². The molecule has 5 heteroatoms. The minimum atomic E-state index is 0.427. The Labute approximate surface area is 121 Å². The number of hydrogen-bond donors (Lipinski definition) is 1. The van der Waals surface area contributed by atoms with Crippen molar-refractivity contribution in [2.75, 3.05) is 5.73 Å². The summed E-state index contributed by atoms with van der Waals surface area (Å²) in [4.78, 5) is 8.92. The van der Waals surface area contributed by atoms with Gasteiger partial charge in [0.25, 0.3) is 0 Å². The number of nitrogen functional groups attached to an aromatic ring is 1. The highest BCUT2D eigenvalue weighted by Crippen LogP contribution is 2.31. The van der Waals surface area contributed by atoms with Gasteiger partial charge < -0.3 is 10.5 Å². The molecular formula is C15H12ClN3O. The summed E-state index contributed by atoms with van der Waals surface area (Å²) >= 11 is 6.09. The number of aromatic nitrogens is 2. The van der Waals surface area contributed by atoms with Crippen LogP contribution in [-0.4, -0.2) is 9.97 Å².